The molecule has 0 unspecified atom stereocenters. The molecule has 1 N–H and O–H groups in total. The maximum absolute atomic E-state index is 10.4. The van der Waals surface area contributed by atoms with E-state index in [2.05, 4.69) is 4.72 Å². The Bertz CT molecular complexity index is 351. The van der Waals surface area contributed by atoms with Gasteiger partial charge in [0.1, 0.15) is 0 Å². The maximum Gasteiger partial charge on any atom is 0.222 e. The Balaban J connectivity index is 3.04. The number of rotatable bonds is 3. The molecule has 12 heavy (non-hydrogen) atoms. The summed E-state index contributed by atoms with van der Waals surface area (Å²) in [5.41, 5.74) is 0.639. The van der Waals surface area contributed by atoms with Crippen LogP contribution in [0.3, 0.4) is 0 Å². The van der Waals surface area contributed by atoms with Crippen molar-refractivity contribution in [3.63, 3.8) is 0 Å². The topological polar surface area (TPSA) is 63.2 Å². The van der Waals surface area contributed by atoms with Crippen molar-refractivity contribution in [1.82, 2.24) is 0 Å². The van der Waals surface area contributed by atoms with Crippen LogP contribution in [0, 0.1) is 0 Å². The van der Waals surface area contributed by atoms with Gasteiger partial charge in [0.15, 0.2) is 6.29 Å². The second-order valence-corrected chi connectivity index (χ2v) is 2.81. The molecule has 0 bridgehead atoms. The van der Waals surface area contributed by atoms with Crippen LogP contribution in [0.1, 0.15) is 10.4 Å². The van der Waals surface area contributed by atoms with Gasteiger partial charge in [0.05, 0.1) is 5.69 Å². The van der Waals surface area contributed by atoms with Crippen LogP contribution in [0.2, 0.25) is 0 Å². The minimum absolute atomic E-state index is 0.309. The van der Waals surface area contributed by atoms with E-state index in [0.717, 1.165) is 0 Å². The standard InChI is InChI=1S/C7H7NO3S/c9-5-6-3-1-2-4-7(6)8-12(10)11/h1-5,12H,(H,8,10,11). The molecule has 4 nitrogen and oxygen atoms in total. The summed E-state index contributed by atoms with van der Waals surface area (Å²) >= 11 is 0. The highest BCUT2D eigenvalue weighted by molar-refractivity contribution is 7.73. The lowest BCUT2D eigenvalue weighted by Gasteiger charge is -2.00. The molecule has 0 fully saturated rings. The minimum atomic E-state index is -2.71. The molecule has 0 spiro atoms. The molecule has 1 rings (SSSR count). The van der Waals surface area contributed by atoms with E-state index in [4.69, 9.17) is 0 Å². The zero-order valence-electron chi connectivity index (χ0n) is 6.06. The minimum Gasteiger partial charge on any atom is -0.298 e. The van der Waals surface area contributed by atoms with Gasteiger partial charge in [-0.2, -0.15) is 0 Å². The maximum atomic E-state index is 10.4. The predicted molar refractivity (Wildman–Crippen MR) is 45.8 cm³/mol. The number of thiol groups is 1. The number of anilines is 1. The highest BCUT2D eigenvalue weighted by atomic mass is 32.2. The van der Waals surface area contributed by atoms with Crippen molar-refractivity contribution in [2.45, 2.75) is 0 Å². The van der Waals surface area contributed by atoms with Crippen LogP contribution < -0.4 is 4.72 Å². The summed E-state index contributed by atoms with van der Waals surface area (Å²) in [6.07, 6.45) is 0.598. The number of carbonyl (C=O) groups is 1. The first kappa shape index (κ1) is 8.73. The third-order valence-corrected chi connectivity index (χ3v) is 1.72. The summed E-state index contributed by atoms with van der Waals surface area (Å²) < 4.78 is 22.6. The highest BCUT2D eigenvalue weighted by Gasteiger charge is 1.98. The SMILES string of the molecule is O=Cc1ccccc1N[SH](=O)=O. The zero-order chi connectivity index (χ0) is 8.97. The molecule has 1 aromatic rings. The number of hydrogen-bond acceptors (Lipinski definition) is 3. The number of carbonyl (C=O) groups excluding carboxylic acids is 1. The van der Waals surface area contributed by atoms with Crippen molar-refractivity contribution in [2.75, 3.05) is 4.72 Å². The van der Waals surface area contributed by atoms with E-state index in [1.807, 2.05) is 0 Å². The van der Waals surface area contributed by atoms with Gasteiger partial charge in [-0.1, -0.05) is 12.1 Å². The Kier molecular flexibility index (Phi) is 2.82. The molecule has 0 aliphatic rings. The quantitative estimate of drug-likeness (QED) is 0.530. The smallest absolute Gasteiger partial charge is 0.222 e. The van der Waals surface area contributed by atoms with Crippen molar-refractivity contribution in [3.05, 3.63) is 29.8 Å². The average Bonchev–Trinajstić information content (AvgIpc) is 2.04. The fraction of sp³-hybridized carbons (Fsp3) is 0. The van der Waals surface area contributed by atoms with Crippen LogP contribution in [0.15, 0.2) is 24.3 Å². The van der Waals surface area contributed by atoms with Crippen LogP contribution in [-0.4, -0.2) is 14.7 Å². The molecule has 0 aliphatic heterocycles. The molecule has 0 radical (unpaired) electrons. The number of aldehydes is 1. The lowest BCUT2D eigenvalue weighted by Crippen LogP contribution is -1.98. The molecule has 1 aromatic carbocycles. The first-order chi connectivity index (χ1) is 5.74. The third kappa shape index (κ3) is 2.06. The first-order valence-electron chi connectivity index (χ1n) is 3.19. The van der Waals surface area contributed by atoms with E-state index in [9.17, 15) is 13.2 Å². The second kappa shape index (κ2) is 3.87. The van der Waals surface area contributed by atoms with Crippen LogP contribution >= 0.6 is 0 Å². The Morgan fingerprint density at radius 3 is 2.50 bits per heavy atom. The molecule has 0 saturated carbocycles. The highest BCUT2D eigenvalue weighted by Crippen LogP contribution is 2.11. The molecule has 0 heterocycles. The molecular weight excluding hydrogens is 178 g/mol. The normalized spacial score (nSPS) is 9.75. The lowest BCUT2D eigenvalue weighted by atomic mass is 10.2. The lowest BCUT2D eigenvalue weighted by molar-refractivity contribution is 0.112. The fourth-order valence-electron chi connectivity index (χ4n) is 0.800. The van der Waals surface area contributed by atoms with Gasteiger partial charge in [0.2, 0.25) is 10.9 Å². The van der Waals surface area contributed by atoms with Gasteiger partial charge in [-0.05, 0) is 12.1 Å². The van der Waals surface area contributed by atoms with Crippen LogP contribution in [0.25, 0.3) is 0 Å². The molecule has 0 aliphatic carbocycles. The van der Waals surface area contributed by atoms with E-state index in [1.165, 1.54) is 12.1 Å². The van der Waals surface area contributed by atoms with E-state index < -0.39 is 10.9 Å². The molecule has 0 aromatic heterocycles. The monoisotopic (exact) mass is 185 g/mol. The Hall–Kier alpha value is -1.36. The number of para-hydroxylation sites is 1. The van der Waals surface area contributed by atoms with E-state index in [0.29, 0.717) is 17.5 Å². The van der Waals surface area contributed by atoms with Gasteiger partial charge in [0.25, 0.3) is 0 Å². The zero-order valence-corrected chi connectivity index (χ0v) is 6.95. The van der Waals surface area contributed by atoms with Crippen molar-refractivity contribution in [1.29, 1.82) is 0 Å². The number of hydrogen-bond donors (Lipinski definition) is 2. The van der Waals surface area contributed by atoms with Gasteiger partial charge in [0, 0.05) is 5.56 Å². The van der Waals surface area contributed by atoms with Crippen molar-refractivity contribution >= 4 is 22.9 Å². The summed E-state index contributed by atoms with van der Waals surface area (Å²) in [4.78, 5) is 10.4. The van der Waals surface area contributed by atoms with E-state index >= 15 is 0 Å². The van der Waals surface area contributed by atoms with Crippen molar-refractivity contribution in [2.24, 2.45) is 0 Å². The number of benzene rings is 1. The van der Waals surface area contributed by atoms with Gasteiger partial charge < -0.3 is 0 Å². The molecular formula is C7H7NO3S. The second-order valence-electron chi connectivity index (χ2n) is 2.07. The van der Waals surface area contributed by atoms with Gasteiger partial charge in [-0.3, -0.25) is 9.52 Å². The molecule has 64 valence electrons. The third-order valence-electron chi connectivity index (χ3n) is 1.30. The summed E-state index contributed by atoms with van der Waals surface area (Å²) in [6.45, 7) is 0. The molecule has 5 heteroatoms. The van der Waals surface area contributed by atoms with Crippen LogP contribution in [0.5, 0.6) is 0 Å². The summed E-state index contributed by atoms with van der Waals surface area (Å²) in [7, 11) is -2.71. The predicted octanol–water partition coefficient (Wildman–Crippen LogP) is 0.437. The number of nitrogens with one attached hydrogen (secondary N) is 1. The van der Waals surface area contributed by atoms with Crippen molar-refractivity contribution < 1.29 is 13.2 Å². The van der Waals surface area contributed by atoms with E-state index in [-0.39, 0.29) is 0 Å². The summed E-state index contributed by atoms with van der Waals surface area (Å²) in [5.74, 6) is 0. The van der Waals surface area contributed by atoms with Gasteiger partial charge in [-0.15, -0.1) is 0 Å². The van der Waals surface area contributed by atoms with E-state index in [1.54, 1.807) is 12.1 Å². The van der Waals surface area contributed by atoms with Crippen LogP contribution in [0.4, 0.5) is 5.69 Å². The molecule has 0 saturated heterocycles. The summed E-state index contributed by atoms with van der Waals surface area (Å²) in [5, 5.41) is 0. The first-order valence-corrected chi connectivity index (χ1v) is 4.37. The van der Waals surface area contributed by atoms with Gasteiger partial charge in [-0.25, -0.2) is 8.42 Å². The Morgan fingerprint density at radius 2 is 1.92 bits per heavy atom. The Labute approximate surface area is 71.3 Å². The Morgan fingerprint density at radius 1 is 1.25 bits per heavy atom. The van der Waals surface area contributed by atoms with Gasteiger partial charge >= 0.3 is 0 Å². The average molecular weight is 185 g/mol. The van der Waals surface area contributed by atoms with Crippen LogP contribution in [-0.2, 0) is 10.9 Å². The summed E-state index contributed by atoms with van der Waals surface area (Å²) in [6, 6.07) is 6.37. The fourth-order valence-corrected chi connectivity index (χ4v) is 1.20. The molecule has 0 atom stereocenters. The van der Waals surface area contributed by atoms with Crippen molar-refractivity contribution in [3.8, 4) is 0 Å². The molecule has 0 amide bonds. The largest absolute Gasteiger partial charge is 0.298 e.